The minimum absolute atomic E-state index is 0.403. The number of nitro groups is 1. The molecule has 0 bridgehead atoms. The molecule has 1 fully saturated rings. The zero-order chi connectivity index (χ0) is 13.5. The van der Waals surface area contributed by atoms with E-state index in [1.54, 1.807) is 12.4 Å². The highest BCUT2D eigenvalue weighted by molar-refractivity contribution is 5.10. The van der Waals surface area contributed by atoms with Gasteiger partial charge in [0.25, 0.3) is 6.20 Å². The topological polar surface area (TPSA) is 71.3 Å². The minimum Gasteiger partial charge on any atom is -0.362 e. The first-order valence-electron chi connectivity index (χ1n) is 6.49. The third-order valence-electron chi connectivity index (χ3n) is 3.12. The van der Waals surface area contributed by atoms with Crippen LogP contribution in [0.3, 0.4) is 0 Å². The molecule has 1 aromatic rings. The molecule has 0 amide bonds. The second kappa shape index (κ2) is 6.72. The van der Waals surface area contributed by atoms with E-state index in [9.17, 15) is 10.1 Å². The number of hydrogen-bond donors (Lipinski definition) is 1. The number of aromatic nitrogens is 1. The van der Waals surface area contributed by atoms with Gasteiger partial charge >= 0.3 is 0 Å². The summed E-state index contributed by atoms with van der Waals surface area (Å²) in [4.78, 5) is 16.4. The van der Waals surface area contributed by atoms with Gasteiger partial charge in [-0.15, -0.1) is 0 Å². The Labute approximate surface area is 112 Å². The van der Waals surface area contributed by atoms with Crippen molar-refractivity contribution in [3.63, 3.8) is 0 Å². The number of nitrogens with one attached hydrogen (secondary N) is 1. The summed E-state index contributed by atoms with van der Waals surface area (Å²) in [6.07, 6.45) is 7.90. The Morgan fingerprint density at radius 3 is 2.89 bits per heavy atom. The van der Waals surface area contributed by atoms with E-state index in [2.05, 4.69) is 10.3 Å². The average molecular weight is 262 g/mol. The van der Waals surface area contributed by atoms with Gasteiger partial charge in [0.15, 0.2) is 5.82 Å². The predicted octanol–water partition coefficient (Wildman–Crippen LogP) is 1.73. The SMILES string of the molecule is O=[N+]([O-])C=C(NCc1cccnc1)N1CCCCC1. The van der Waals surface area contributed by atoms with E-state index in [0.29, 0.717) is 12.4 Å². The largest absolute Gasteiger partial charge is 0.362 e. The molecular formula is C13H18N4O2. The fraction of sp³-hybridized carbons (Fsp3) is 0.462. The number of likely N-dealkylation sites (tertiary alicyclic amines) is 1. The molecule has 2 rings (SSSR count). The predicted molar refractivity (Wildman–Crippen MR) is 71.6 cm³/mol. The molecule has 19 heavy (non-hydrogen) atoms. The lowest BCUT2D eigenvalue weighted by Crippen LogP contribution is -2.36. The van der Waals surface area contributed by atoms with Gasteiger partial charge in [-0.2, -0.15) is 0 Å². The van der Waals surface area contributed by atoms with Crippen LogP contribution in [0.2, 0.25) is 0 Å². The summed E-state index contributed by atoms with van der Waals surface area (Å²) in [6, 6.07) is 3.80. The van der Waals surface area contributed by atoms with Crippen molar-refractivity contribution >= 4 is 0 Å². The highest BCUT2D eigenvalue weighted by Crippen LogP contribution is 2.13. The van der Waals surface area contributed by atoms with Crippen LogP contribution in [-0.2, 0) is 6.54 Å². The number of nitrogens with zero attached hydrogens (tertiary/aromatic N) is 3. The zero-order valence-electron chi connectivity index (χ0n) is 10.8. The zero-order valence-corrected chi connectivity index (χ0v) is 10.8. The van der Waals surface area contributed by atoms with Gasteiger partial charge in [0.2, 0.25) is 0 Å². The van der Waals surface area contributed by atoms with Gasteiger partial charge in [0, 0.05) is 32.0 Å². The van der Waals surface area contributed by atoms with E-state index in [1.807, 2.05) is 17.0 Å². The fourth-order valence-electron chi connectivity index (χ4n) is 2.17. The van der Waals surface area contributed by atoms with Gasteiger partial charge in [0.05, 0.1) is 4.92 Å². The van der Waals surface area contributed by atoms with Gasteiger partial charge in [-0.3, -0.25) is 15.1 Å². The summed E-state index contributed by atoms with van der Waals surface area (Å²) in [6.45, 7) is 2.30. The van der Waals surface area contributed by atoms with Crippen molar-refractivity contribution < 1.29 is 4.92 Å². The van der Waals surface area contributed by atoms with Crippen LogP contribution >= 0.6 is 0 Å². The van der Waals surface area contributed by atoms with Crippen LogP contribution in [0.1, 0.15) is 24.8 Å². The van der Waals surface area contributed by atoms with Crippen molar-refractivity contribution in [2.24, 2.45) is 0 Å². The molecule has 0 spiro atoms. The molecule has 0 aromatic carbocycles. The molecule has 0 saturated carbocycles. The van der Waals surface area contributed by atoms with Crippen LogP contribution in [0.25, 0.3) is 0 Å². The number of hydrogen-bond acceptors (Lipinski definition) is 5. The van der Waals surface area contributed by atoms with E-state index >= 15 is 0 Å². The van der Waals surface area contributed by atoms with Crippen LogP contribution in [0.15, 0.2) is 36.5 Å². The summed E-state index contributed by atoms with van der Waals surface area (Å²) in [5.74, 6) is 0.591. The normalized spacial score (nSPS) is 16.2. The van der Waals surface area contributed by atoms with Gasteiger partial charge in [-0.1, -0.05) is 6.07 Å². The average Bonchev–Trinajstić information content (AvgIpc) is 2.45. The smallest absolute Gasteiger partial charge is 0.274 e. The van der Waals surface area contributed by atoms with Crippen molar-refractivity contribution in [2.45, 2.75) is 25.8 Å². The molecule has 2 heterocycles. The molecule has 0 aliphatic carbocycles. The van der Waals surface area contributed by atoms with Crippen molar-refractivity contribution in [1.29, 1.82) is 0 Å². The lowest BCUT2D eigenvalue weighted by molar-refractivity contribution is -0.404. The highest BCUT2D eigenvalue weighted by Gasteiger charge is 2.16. The van der Waals surface area contributed by atoms with Crippen molar-refractivity contribution in [1.82, 2.24) is 15.2 Å². The number of rotatable bonds is 5. The molecule has 1 aromatic heterocycles. The third kappa shape index (κ3) is 4.24. The van der Waals surface area contributed by atoms with E-state index in [-0.39, 0.29) is 0 Å². The standard InChI is InChI=1S/C13H18N4O2/c18-17(19)11-13(16-7-2-1-3-8-16)15-10-12-5-4-6-14-9-12/h4-6,9,11,15H,1-3,7-8,10H2. The van der Waals surface area contributed by atoms with E-state index < -0.39 is 4.92 Å². The van der Waals surface area contributed by atoms with Crippen molar-refractivity contribution in [2.75, 3.05) is 13.1 Å². The van der Waals surface area contributed by atoms with Crippen LogP contribution in [0.5, 0.6) is 0 Å². The maximum Gasteiger partial charge on any atom is 0.274 e. The summed E-state index contributed by atoms with van der Waals surface area (Å²) in [7, 11) is 0. The molecule has 0 radical (unpaired) electrons. The second-order valence-corrected chi connectivity index (χ2v) is 4.56. The van der Waals surface area contributed by atoms with Gasteiger partial charge in [0.1, 0.15) is 0 Å². The third-order valence-corrected chi connectivity index (χ3v) is 3.12. The molecular weight excluding hydrogens is 244 g/mol. The lowest BCUT2D eigenvalue weighted by Gasteiger charge is -2.29. The van der Waals surface area contributed by atoms with E-state index in [0.717, 1.165) is 37.7 Å². The molecule has 102 valence electrons. The molecule has 1 aliphatic rings. The van der Waals surface area contributed by atoms with Gasteiger partial charge in [-0.05, 0) is 30.9 Å². The van der Waals surface area contributed by atoms with E-state index in [1.165, 1.54) is 6.42 Å². The summed E-state index contributed by atoms with van der Waals surface area (Å²) in [5, 5.41) is 13.9. The summed E-state index contributed by atoms with van der Waals surface area (Å²) in [5.41, 5.74) is 1.01. The first-order chi connectivity index (χ1) is 9.25. The van der Waals surface area contributed by atoms with Crippen molar-refractivity contribution in [3.05, 3.63) is 52.2 Å². The molecule has 0 atom stereocenters. The Kier molecular flexibility index (Phi) is 4.72. The van der Waals surface area contributed by atoms with Crippen molar-refractivity contribution in [3.8, 4) is 0 Å². The van der Waals surface area contributed by atoms with Crippen LogP contribution in [0.4, 0.5) is 0 Å². The number of pyridine rings is 1. The Bertz CT molecular complexity index is 441. The summed E-state index contributed by atoms with van der Waals surface area (Å²) < 4.78 is 0. The van der Waals surface area contributed by atoms with E-state index in [4.69, 9.17) is 0 Å². The Morgan fingerprint density at radius 2 is 2.26 bits per heavy atom. The fourth-order valence-corrected chi connectivity index (χ4v) is 2.17. The van der Waals surface area contributed by atoms with Gasteiger partial charge < -0.3 is 10.2 Å². The maximum atomic E-state index is 10.7. The first-order valence-corrected chi connectivity index (χ1v) is 6.49. The first kappa shape index (κ1) is 13.3. The van der Waals surface area contributed by atoms with Crippen LogP contribution < -0.4 is 5.32 Å². The lowest BCUT2D eigenvalue weighted by atomic mass is 10.1. The number of piperidine rings is 1. The van der Waals surface area contributed by atoms with Crippen LogP contribution in [0, 0.1) is 10.1 Å². The molecule has 1 N–H and O–H groups in total. The molecule has 6 nitrogen and oxygen atoms in total. The molecule has 0 unspecified atom stereocenters. The second-order valence-electron chi connectivity index (χ2n) is 4.56. The van der Waals surface area contributed by atoms with Gasteiger partial charge in [-0.25, -0.2) is 0 Å². The monoisotopic (exact) mass is 262 g/mol. The molecule has 6 heteroatoms. The molecule has 1 saturated heterocycles. The summed E-state index contributed by atoms with van der Waals surface area (Å²) >= 11 is 0. The maximum absolute atomic E-state index is 10.7. The Balaban J connectivity index is 2.00. The van der Waals surface area contributed by atoms with Crippen LogP contribution in [-0.4, -0.2) is 27.9 Å². The highest BCUT2D eigenvalue weighted by atomic mass is 16.6. The Hall–Kier alpha value is -2.11. The Morgan fingerprint density at radius 1 is 1.47 bits per heavy atom. The quantitative estimate of drug-likeness (QED) is 0.646. The molecule has 1 aliphatic heterocycles. The minimum atomic E-state index is -0.403.